The fourth-order valence-electron chi connectivity index (χ4n) is 2.44. The molecule has 1 N–H and O–H groups in total. The molecule has 0 spiro atoms. The molecule has 4 rings (SSSR count). The number of rotatable bonds is 4. The molecule has 2 heterocycles. The van der Waals surface area contributed by atoms with E-state index in [0.717, 1.165) is 11.3 Å². The number of nitrogens with one attached hydrogen (secondary N) is 1. The van der Waals surface area contributed by atoms with Crippen LogP contribution < -0.4 is 5.32 Å². The Morgan fingerprint density at radius 2 is 1.85 bits per heavy atom. The van der Waals surface area contributed by atoms with E-state index in [2.05, 4.69) is 15.4 Å². The normalized spacial score (nSPS) is 10.7. The Morgan fingerprint density at radius 3 is 2.54 bits per heavy atom. The number of halogens is 1. The summed E-state index contributed by atoms with van der Waals surface area (Å²) in [5.41, 5.74) is 2.89. The van der Waals surface area contributed by atoms with E-state index in [-0.39, 0.29) is 11.7 Å². The van der Waals surface area contributed by atoms with E-state index in [1.165, 1.54) is 23.5 Å². The summed E-state index contributed by atoms with van der Waals surface area (Å²) in [5.74, 6) is -0.534. The van der Waals surface area contributed by atoms with Crippen molar-refractivity contribution in [3.8, 4) is 16.9 Å². The summed E-state index contributed by atoms with van der Waals surface area (Å²) < 4.78 is 14.7. The standard InChI is InChI=1S/C19H13FN4OS/c20-15-6-2-13(3-7-15)17-12-26-19(22-17)23-18(25)14-4-8-16(9-5-14)24-11-1-10-21-24/h1-12H,(H,22,23,25). The zero-order valence-corrected chi connectivity index (χ0v) is 14.3. The summed E-state index contributed by atoms with van der Waals surface area (Å²) in [4.78, 5) is 16.8. The zero-order valence-electron chi connectivity index (χ0n) is 13.5. The quantitative estimate of drug-likeness (QED) is 0.584. The third-order valence-electron chi connectivity index (χ3n) is 3.76. The first-order valence-corrected chi connectivity index (χ1v) is 8.70. The summed E-state index contributed by atoms with van der Waals surface area (Å²) in [5, 5.41) is 9.25. The molecule has 0 aliphatic carbocycles. The van der Waals surface area contributed by atoms with Crippen LogP contribution in [-0.4, -0.2) is 20.7 Å². The van der Waals surface area contributed by atoms with Crippen molar-refractivity contribution in [2.24, 2.45) is 0 Å². The zero-order chi connectivity index (χ0) is 17.9. The average molecular weight is 364 g/mol. The van der Waals surface area contributed by atoms with E-state index in [9.17, 15) is 9.18 Å². The lowest BCUT2D eigenvalue weighted by atomic mass is 10.2. The Labute approximate surface area is 152 Å². The Kier molecular flexibility index (Phi) is 4.28. The number of aromatic nitrogens is 3. The molecule has 1 amide bonds. The van der Waals surface area contributed by atoms with E-state index in [1.54, 1.807) is 35.1 Å². The molecule has 0 radical (unpaired) electrons. The lowest BCUT2D eigenvalue weighted by molar-refractivity contribution is 0.102. The molecule has 0 saturated heterocycles. The summed E-state index contributed by atoms with van der Waals surface area (Å²) in [6.45, 7) is 0. The first-order chi connectivity index (χ1) is 12.7. The Bertz CT molecular complexity index is 1020. The number of anilines is 1. The third kappa shape index (κ3) is 3.38. The number of carbonyl (C=O) groups is 1. The summed E-state index contributed by atoms with van der Waals surface area (Å²) in [6, 6.07) is 15.0. The molecule has 0 unspecified atom stereocenters. The van der Waals surface area contributed by atoms with Gasteiger partial charge in [0.15, 0.2) is 5.13 Å². The van der Waals surface area contributed by atoms with Crippen LogP contribution in [0.5, 0.6) is 0 Å². The van der Waals surface area contributed by atoms with Crippen LogP contribution in [0.1, 0.15) is 10.4 Å². The Morgan fingerprint density at radius 1 is 1.08 bits per heavy atom. The maximum absolute atomic E-state index is 13.0. The van der Waals surface area contributed by atoms with Gasteiger partial charge < -0.3 is 0 Å². The molecule has 5 nitrogen and oxygen atoms in total. The van der Waals surface area contributed by atoms with Crippen molar-refractivity contribution in [2.45, 2.75) is 0 Å². The van der Waals surface area contributed by atoms with Crippen LogP contribution in [0, 0.1) is 5.82 Å². The van der Waals surface area contributed by atoms with Gasteiger partial charge in [0.25, 0.3) is 5.91 Å². The predicted molar refractivity (Wildman–Crippen MR) is 99.0 cm³/mol. The van der Waals surface area contributed by atoms with Gasteiger partial charge in [-0.1, -0.05) is 0 Å². The second-order valence-electron chi connectivity index (χ2n) is 5.50. The van der Waals surface area contributed by atoms with Gasteiger partial charge in [-0.3, -0.25) is 10.1 Å². The van der Waals surface area contributed by atoms with Crippen molar-refractivity contribution in [2.75, 3.05) is 5.32 Å². The third-order valence-corrected chi connectivity index (χ3v) is 4.52. The number of hydrogen-bond donors (Lipinski definition) is 1. The molecule has 0 fully saturated rings. The fraction of sp³-hybridized carbons (Fsp3) is 0. The van der Waals surface area contributed by atoms with Gasteiger partial charge in [-0.25, -0.2) is 14.1 Å². The van der Waals surface area contributed by atoms with Crippen LogP contribution in [0.25, 0.3) is 16.9 Å². The number of amides is 1. The predicted octanol–water partition coefficient (Wildman–Crippen LogP) is 4.39. The maximum Gasteiger partial charge on any atom is 0.257 e. The average Bonchev–Trinajstić information content (AvgIpc) is 3.35. The highest BCUT2D eigenvalue weighted by molar-refractivity contribution is 7.14. The summed E-state index contributed by atoms with van der Waals surface area (Å²) >= 11 is 1.32. The molecule has 2 aromatic carbocycles. The van der Waals surface area contributed by atoms with Gasteiger partial charge in [0.2, 0.25) is 0 Å². The van der Waals surface area contributed by atoms with Crippen molar-refractivity contribution < 1.29 is 9.18 Å². The van der Waals surface area contributed by atoms with Crippen molar-refractivity contribution in [3.63, 3.8) is 0 Å². The fourth-order valence-corrected chi connectivity index (χ4v) is 3.16. The smallest absolute Gasteiger partial charge is 0.257 e. The summed E-state index contributed by atoms with van der Waals surface area (Å²) in [6.07, 6.45) is 3.53. The van der Waals surface area contributed by atoms with Crippen molar-refractivity contribution in [1.82, 2.24) is 14.8 Å². The Balaban J connectivity index is 1.47. The molecule has 0 bridgehead atoms. The van der Waals surface area contributed by atoms with Crippen LogP contribution >= 0.6 is 11.3 Å². The SMILES string of the molecule is O=C(Nc1nc(-c2ccc(F)cc2)cs1)c1ccc(-n2cccn2)cc1. The largest absolute Gasteiger partial charge is 0.298 e. The van der Waals surface area contributed by atoms with E-state index in [1.807, 2.05) is 29.8 Å². The molecule has 2 aromatic heterocycles. The lowest BCUT2D eigenvalue weighted by Crippen LogP contribution is -2.11. The monoisotopic (exact) mass is 364 g/mol. The molecule has 128 valence electrons. The highest BCUT2D eigenvalue weighted by Crippen LogP contribution is 2.25. The molecule has 0 aliphatic rings. The van der Waals surface area contributed by atoms with Gasteiger partial charge in [0, 0.05) is 28.9 Å². The number of thiazole rings is 1. The van der Waals surface area contributed by atoms with Gasteiger partial charge >= 0.3 is 0 Å². The van der Waals surface area contributed by atoms with Crippen LogP contribution in [-0.2, 0) is 0 Å². The number of hydrogen-bond acceptors (Lipinski definition) is 4. The van der Waals surface area contributed by atoms with E-state index in [0.29, 0.717) is 16.4 Å². The first-order valence-electron chi connectivity index (χ1n) is 7.82. The second-order valence-corrected chi connectivity index (χ2v) is 6.35. The van der Waals surface area contributed by atoms with E-state index in [4.69, 9.17) is 0 Å². The molecule has 0 saturated carbocycles. The van der Waals surface area contributed by atoms with E-state index >= 15 is 0 Å². The number of benzene rings is 2. The highest BCUT2D eigenvalue weighted by Gasteiger charge is 2.10. The van der Waals surface area contributed by atoms with Gasteiger partial charge in [-0.05, 0) is 54.6 Å². The number of carbonyl (C=O) groups excluding carboxylic acids is 1. The van der Waals surface area contributed by atoms with Gasteiger partial charge in [0.1, 0.15) is 5.82 Å². The van der Waals surface area contributed by atoms with Crippen LogP contribution in [0.15, 0.2) is 72.4 Å². The molecular weight excluding hydrogens is 351 g/mol. The minimum atomic E-state index is -0.295. The molecule has 7 heteroatoms. The number of nitrogens with zero attached hydrogens (tertiary/aromatic N) is 3. The molecule has 0 aliphatic heterocycles. The maximum atomic E-state index is 13.0. The molecule has 26 heavy (non-hydrogen) atoms. The van der Waals surface area contributed by atoms with Crippen molar-refractivity contribution >= 4 is 22.4 Å². The lowest BCUT2D eigenvalue weighted by Gasteiger charge is -2.04. The van der Waals surface area contributed by atoms with Crippen molar-refractivity contribution in [3.05, 3.63) is 83.8 Å². The van der Waals surface area contributed by atoms with Crippen LogP contribution in [0.3, 0.4) is 0 Å². The highest BCUT2D eigenvalue weighted by atomic mass is 32.1. The molecule has 0 atom stereocenters. The molecule has 4 aromatic rings. The molecular formula is C19H13FN4OS. The summed E-state index contributed by atoms with van der Waals surface area (Å²) in [7, 11) is 0. The Hall–Kier alpha value is -3.32. The van der Waals surface area contributed by atoms with Gasteiger partial charge in [0.05, 0.1) is 11.4 Å². The minimum absolute atomic E-state index is 0.239. The topological polar surface area (TPSA) is 59.8 Å². The van der Waals surface area contributed by atoms with Crippen LogP contribution in [0.4, 0.5) is 9.52 Å². The van der Waals surface area contributed by atoms with Crippen molar-refractivity contribution in [1.29, 1.82) is 0 Å². The second kappa shape index (κ2) is 6.89. The van der Waals surface area contributed by atoms with Gasteiger partial charge in [-0.15, -0.1) is 11.3 Å². The first kappa shape index (κ1) is 16.2. The minimum Gasteiger partial charge on any atom is -0.298 e. The van der Waals surface area contributed by atoms with E-state index < -0.39 is 0 Å². The van der Waals surface area contributed by atoms with Gasteiger partial charge in [-0.2, -0.15) is 5.10 Å². The van der Waals surface area contributed by atoms with Crippen LogP contribution in [0.2, 0.25) is 0 Å².